The summed E-state index contributed by atoms with van der Waals surface area (Å²) in [6.45, 7) is 4.54. The lowest BCUT2D eigenvalue weighted by molar-refractivity contribution is 0.0827. The average molecular weight is 272 g/mol. The second kappa shape index (κ2) is 5.82. The van der Waals surface area contributed by atoms with Gasteiger partial charge in [0, 0.05) is 25.3 Å². The van der Waals surface area contributed by atoms with Gasteiger partial charge in [-0.05, 0) is 43.7 Å². The number of hydrogen-bond donors (Lipinski definition) is 1. The Balaban J connectivity index is 2.14. The molecule has 4 nitrogen and oxygen atoms in total. The number of nitrogens with one attached hydrogen (secondary N) is 1. The largest absolute Gasteiger partial charge is 0.465 e. The van der Waals surface area contributed by atoms with Gasteiger partial charge in [-0.3, -0.25) is 4.79 Å². The van der Waals surface area contributed by atoms with Crippen molar-refractivity contribution >= 4 is 11.6 Å². The molecule has 0 aliphatic rings. The molecular weight excluding hydrogens is 252 g/mol. The molecule has 2 aromatic rings. The molecule has 0 saturated heterocycles. The summed E-state index contributed by atoms with van der Waals surface area (Å²) < 4.78 is 5.52. The monoisotopic (exact) mass is 272 g/mol. The van der Waals surface area contributed by atoms with Crippen LogP contribution in [0, 0.1) is 13.8 Å². The average Bonchev–Trinajstić information content (AvgIpc) is 2.82. The first kappa shape index (κ1) is 14.2. The number of nitrogens with zero attached hydrogens (tertiary/aromatic N) is 1. The lowest BCUT2D eigenvalue weighted by Crippen LogP contribution is -2.21. The zero-order valence-corrected chi connectivity index (χ0v) is 12.4. The Bertz CT molecular complexity index is 615. The van der Waals surface area contributed by atoms with E-state index in [9.17, 15) is 4.79 Å². The van der Waals surface area contributed by atoms with Crippen LogP contribution in [0.4, 0.5) is 5.69 Å². The molecule has 0 saturated carbocycles. The van der Waals surface area contributed by atoms with E-state index < -0.39 is 0 Å². The van der Waals surface area contributed by atoms with Gasteiger partial charge in [0.2, 0.25) is 0 Å². The molecule has 0 spiro atoms. The summed E-state index contributed by atoms with van der Waals surface area (Å²) in [6, 6.07) is 9.57. The first-order chi connectivity index (χ1) is 9.47. The Kier molecular flexibility index (Phi) is 4.13. The van der Waals surface area contributed by atoms with Gasteiger partial charge in [0.25, 0.3) is 5.91 Å². The van der Waals surface area contributed by atoms with Gasteiger partial charge in [0.1, 0.15) is 11.5 Å². The van der Waals surface area contributed by atoms with Crippen molar-refractivity contribution in [2.45, 2.75) is 20.4 Å². The highest BCUT2D eigenvalue weighted by Crippen LogP contribution is 2.19. The first-order valence-electron chi connectivity index (χ1n) is 6.59. The highest BCUT2D eigenvalue weighted by atomic mass is 16.3. The van der Waals surface area contributed by atoms with Gasteiger partial charge < -0.3 is 14.6 Å². The van der Waals surface area contributed by atoms with Crippen LogP contribution in [0.5, 0.6) is 0 Å². The van der Waals surface area contributed by atoms with Crippen LogP contribution < -0.4 is 5.32 Å². The minimum absolute atomic E-state index is 0.00175. The number of anilines is 1. The van der Waals surface area contributed by atoms with Gasteiger partial charge in [-0.15, -0.1) is 0 Å². The fourth-order valence-electron chi connectivity index (χ4n) is 1.97. The number of aryl methyl sites for hydroxylation is 2. The van der Waals surface area contributed by atoms with Gasteiger partial charge in [0.05, 0.1) is 6.54 Å². The van der Waals surface area contributed by atoms with E-state index in [0.717, 1.165) is 22.8 Å². The molecule has 0 aliphatic carbocycles. The molecule has 1 heterocycles. The maximum atomic E-state index is 12.0. The van der Waals surface area contributed by atoms with Crippen LogP contribution in [0.2, 0.25) is 0 Å². The molecule has 20 heavy (non-hydrogen) atoms. The fraction of sp³-hybridized carbons (Fsp3) is 0.312. The molecule has 1 aromatic carbocycles. The molecule has 0 fully saturated rings. The van der Waals surface area contributed by atoms with Crippen LogP contribution in [-0.2, 0) is 6.54 Å². The van der Waals surface area contributed by atoms with E-state index >= 15 is 0 Å². The number of carbonyl (C=O) groups is 1. The van der Waals surface area contributed by atoms with Crippen LogP contribution >= 0.6 is 0 Å². The SMILES string of the molecule is Cc1ccc(CNc2cc(C(=O)N(C)C)ccc2C)o1. The molecule has 1 amide bonds. The van der Waals surface area contributed by atoms with Crippen molar-refractivity contribution in [3.8, 4) is 0 Å². The summed E-state index contributed by atoms with van der Waals surface area (Å²) in [7, 11) is 3.50. The van der Waals surface area contributed by atoms with Gasteiger partial charge in [-0.1, -0.05) is 6.07 Å². The molecule has 0 bridgehead atoms. The van der Waals surface area contributed by atoms with Crippen LogP contribution in [0.3, 0.4) is 0 Å². The van der Waals surface area contributed by atoms with E-state index in [4.69, 9.17) is 4.42 Å². The first-order valence-corrected chi connectivity index (χ1v) is 6.59. The van der Waals surface area contributed by atoms with E-state index in [1.807, 2.05) is 44.2 Å². The molecule has 0 atom stereocenters. The van der Waals surface area contributed by atoms with Crippen molar-refractivity contribution in [2.24, 2.45) is 0 Å². The zero-order valence-electron chi connectivity index (χ0n) is 12.4. The number of benzene rings is 1. The number of carbonyl (C=O) groups excluding carboxylic acids is 1. The van der Waals surface area contributed by atoms with Crippen molar-refractivity contribution in [2.75, 3.05) is 19.4 Å². The molecule has 2 rings (SSSR count). The smallest absolute Gasteiger partial charge is 0.253 e. The molecule has 1 aromatic heterocycles. The lowest BCUT2D eigenvalue weighted by Gasteiger charge is -2.13. The topological polar surface area (TPSA) is 45.5 Å². The minimum atomic E-state index is 0.00175. The quantitative estimate of drug-likeness (QED) is 0.929. The molecule has 106 valence electrons. The normalized spacial score (nSPS) is 10.4. The third-order valence-electron chi connectivity index (χ3n) is 3.14. The number of furan rings is 1. The summed E-state index contributed by atoms with van der Waals surface area (Å²) in [5.74, 6) is 1.78. The minimum Gasteiger partial charge on any atom is -0.465 e. The Morgan fingerprint density at radius 3 is 2.55 bits per heavy atom. The predicted molar refractivity (Wildman–Crippen MR) is 80.0 cm³/mol. The van der Waals surface area contributed by atoms with Crippen LogP contribution in [0.25, 0.3) is 0 Å². The third kappa shape index (κ3) is 3.20. The van der Waals surface area contributed by atoms with Gasteiger partial charge in [-0.25, -0.2) is 0 Å². The zero-order chi connectivity index (χ0) is 14.7. The summed E-state index contributed by atoms with van der Waals surface area (Å²) in [6.07, 6.45) is 0. The van der Waals surface area contributed by atoms with Crippen LogP contribution in [-0.4, -0.2) is 24.9 Å². The molecule has 0 aliphatic heterocycles. The molecule has 0 radical (unpaired) electrons. The standard InChI is InChI=1S/C16H20N2O2/c1-11-5-7-13(16(19)18(3)4)9-15(11)17-10-14-8-6-12(2)20-14/h5-9,17H,10H2,1-4H3. The highest BCUT2D eigenvalue weighted by Gasteiger charge is 2.10. The predicted octanol–water partition coefficient (Wildman–Crippen LogP) is 3.21. The Morgan fingerprint density at radius 2 is 1.95 bits per heavy atom. The van der Waals surface area contributed by atoms with Crippen LogP contribution in [0.15, 0.2) is 34.7 Å². The maximum Gasteiger partial charge on any atom is 0.253 e. The van der Waals surface area contributed by atoms with Gasteiger partial charge >= 0.3 is 0 Å². The third-order valence-corrected chi connectivity index (χ3v) is 3.14. The number of rotatable bonds is 4. The Hall–Kier alpha value is -2.23. The second-order valence-electron chi connectivity index (χ2n) is 5.10. The number of amides is 1. The molecule has 4 heteroatoms. The summed E-state index contributed by atoms with van der Waals surface area (Å²) in [4.78, 5) is 13.5. The van der Waals surface area contributed by atoms with Crippen molar-refractivity contribution in [1.82, 2.24) is 4.90 Å². The van der Waals surface area contributed by atoms with Gasteiger partial charge in [-0.2, -0.15) is 0 Å². The van der Waals surface area contributed by atoms with E-state index in [1.165, 1.54) is 0 Å². The highest BCUT2D eigenvalue weighted by molar-refractivity contribution is 5.95. The lowest BCUT2D eigenvalue weighted by atomic mass is 10.1. The number of hydrogen-bond acceptors (Lipinski definition) is 3. The summed E-state index contributed by atoms with van der Waals surface area (Å²) in [5, 5.41) is 3.31. The van der Waals surface area contributed by atoms with Crippen molar-refractivity contribution in [3.63, 3.8) is 0 Å². The Labute approximate surface area is 119 Å². The summed E-state index contributed by atoms with van der Waals surface area (Å²) in [5.41, 5.74) is 2.73. The maximum absolute atomic E-state index is 12.0. The van der Waals surface area contributed by atoms with Crippen LogP contribution in [0.1, 0.15) is 27.4 Å². The van der Waals surface area contributed by atoms with E-state index in [-0.39, 0.29) is 5.91 Å². The second-order valence-corrected chi connectivity index (χ2v) is 5.10. The fourth-order valence-corrected chi connectivity index (χ4v) is 1.97. The van der Waals surface area contributed by atoms with Gasteiger partial charge in [0.15, 0.2) is 0 Å². The van der Waals surface area contributed by atoms with Crippen molar-refractivity contribution < 1.29 is 9.21 Å². The molecule has 1 N–H and O–H groups in total. The van der Waals surface area contributed by atoms with E-state index in [1.54, 1.807) is 19.0 Å². The molecular formula is C16H20N2O2. The Morgan fingerprint density at radius 1 is 1.20 bits per heavy atom. The van der Waals surface area contributed by atoms with E-state index in [0.29, 0.717) is 12.1 Å². The summed E-state index contributed by atoms with van der Waals surface area (Å²) >= 11 is 0. The van der Waals surface area contributed by atoms with Crippen molar-refractivity contribution in [3.05, 3.63) is 53.0 Å². The molecule has 0 unspecified atom stereocenters. The van der Waals surface area contributed by atoms with E-state index in [2.05, 4.69) is 5.32 Å². The van der Waals surface area contributed by atoms with Crippen molar-refractivity contribution in [1.29, 1.82) is 0 Å².